The highest BCUT2D eigenvalue weighted by molar-refractivity contribution is 5.82. The number of aromatic nitrogens is 4. The average Bonchev–Trinajstić information content (AvgIpc) is 3.15. The summed E-state index contributed by atoms with van der Waals surface area (Å²) in [5.41, 5.74) is 11.2. The van der Waals surface area contributed by atoms with Crippen LogP contribution in [-0.4, -0.2) is 19.3 Å². The van der Waals surface area contributed by atoms with Crippen molar-refractivity contribution in [1.29, 1.82) is 0 Å². The van der Waals surface area contributed by atoms with E-state index >= 15 is 0 Å². The van der Waals surface area contributed by atoms with Crippen molar-refractivity contribution in [3.8, 4) is 11.4 Å². The average molecular weight is 281 g/mol. The van der Waals surface area contributed by atoms with Crippen LogP contribution in [-0.2, 0) is 13.6 Å². The number of nitrogens with two attached hydrogens (primary N) is 1. The minimum atomic E-state index is 0.549. The lowest BCUT2D eigenvalue weighted by Crippen LogP contribution is -1.98. The van der Waals surface area contributed by atoms with Crippen LogP contribution in [0.25, 0.3) is 22.4 Å². The lowest BCUT2D eigenvalue weighted by atomic mass is 10.2. The van der Waals surface area contributed by atoms with Gasteiger partial charge in [-0.25, -0.2) is 4.98 Å². The van der Waals surface area contributed by atoms with Gasteiger partial charge in [0.05, 0.1) is 22.3 Å². The van der Waals surface area contributed by atoms with Gasteiger partial charge in [-0.1, -0.05) is 6.07 Å². The number of nitrogens with zero attached hydrogens (tertiary/aromatic N) is 4. The topological polar surface area (TPSA) is 61.7 Å². The Morgan fingerprint density at radius 3 is 2.76 bits per heavy atom. The molecule has 0 bridgehead atoms. The molecule has 0 radical (unpaired) electrons. The molecule has 4 rings (SSSR count). The van der Waals surface area contributed by atoms with Gasteiger partial charge in [0.1, 0.15) is 5.82 Å². The molecule has 0 spiro atoms. The first kappa shape index (κ1) is 12.6. The zero-order valence-electron chi connectivity index (χ0n) is 12.4. The Kier molecular flexibility index (Phi) is 2.65. The van der Waals surface area contributed by atoms with Gasteiger partial charge in [-0.15, -0.1) is 0 Å². The summed E-state index contributed by atoms with van der Waals surface area (Å²) in [6, 6.07) is 6.93. The summed E-state index contributed by atoms with van der Waals surface area (Å²) in [6.45, 7) is 2.59. The number of fused-ring (bicyclic) bond motifs is 1. The van der Waals surface area contributed by atoms with Gasteiger partial charge in [0.2, 0.25) is 0 Å². The molecule has 1 aliphatic rings. The third kappa shape index (κ3) is 1.96. The monoisotopic (exact) mass is 281 g/mol. The predicted molar refractivity (Wildman–Crippen MR) is 82.8 cm³/mol. The molecule has 3 aromatic rings. The fraction of sp³-hybridized carbons (Fsp3) is 0.375. The first-order valence-electron chi connectivity index (χ1n) is 7.39. The van der Waals surface area contributed by atoms with Crippen LogP contribution >= 0.6 is 0 Å². The van der Waals surface area contributed by atoms with Gasteiger partial charge < -0.3 is 10.3 Å². The molecule has 21 heavy (non-hydrogen) atoms. The SMILES string of the molecule is Cc1nn(C)cc1-c1nc2cc(CN)ccc2n1C1CC1. The number of imidazole rings is 1. The van der Waals surface area contributed by atoms with Crippen molar-refractivity contribution in [3.05, 3.63) is 35.7 Å². The highest BCUT2D eigenvalue weighted by Gasteiger charge is 2.29. The van der Waals surface area contributed by atoms with Gasteiger partial charge in [0, 0.05) is 25.8 Å². The van der Waals surface area contributed by atoms with E-state index in [0.717, 1.165) is 28.2 Å². The fourth-order valence-electron chi connectivity index (χ4n) is 2.98. The number of rotatable bonds is 3. The van der Waals surface area contributed by atoms with Crippen LogP contribution in [0.1, 0.15) is 30.1 Å². The fourth-order valence-corrected chi connectivity index (χ4v) is 2.98. The highest BCUT2D eigenvalue weighted by Crippen LogP contribution is 2.41. The van der Waals surface area contributed by atoms with E-state index in [1.54, 1.807) is 0 Å². The molecule has 108 valence electrons. The van der Waals surface area contributed by atoms with Crippen molar-refractivity contribution in [3.63, 3.8) is 0 Å². The first-order valence-corrected chi connectivity index (χ1v) is 7.39. The minimum absolute atomic E-state index is 0.549. The maximum atomic E-state index is 5.75. The molecule has 1 fully saturated rings. The zero-order valence-corrected chi connectivity index (χ0v) is 12.4. The van der Waals surface area contributed by atoms with Crippen molar-refractivity contribution in [2.75, 3.05) is 0 Å². The smallest absolute Gasteiger partial charge is 0.144 e. The Morgan fingerprint density at radius 2 is 2.14 bits per heavy atom. The van der Waals surface area contributed by atoms with Crippen molar-refractivity contribution in [1.82, 2.24) is 19.3 Å². The van der Waals surface area contributed by atoms with E-state index in [1.807, 2.05) is 18.7 Å². The zero-order chi connectivity index (χ0) is 14.6. The molecule has 0 atom stereocenters. The molecule has 1 aromatic carbocycles. The quantitative estimate of drug-likeness (QED) is 0.802. The largest absolute Gasteiger partial charge is 0.326 e. The summed E-state index contributed by atoms with van der Waals surface area (Å²) in [6.07, 6.45) is 4.52. The molecule has 2 heterocycles. The Labute approximate surface area is 123 Å². The summed E-state index contributed by atoms with van der Waals surface area (Å²) >= 11 is 0. The van der Waals surface area contributed by atoms with Gasteiger partial charge in [-0.05, 0) is 37.5 Å². The van der Waals surface area contributed by atoms with Gasteiger partial charge in [0.25, 0.3) is 0 Å². The number of hydrogen-bond donors (Lipinski definition) is 1. The van der Waals surface area contributed by atoms with Crippen LogP contribution in [0, 0.1) is 6.92 Å². The minimum Gasteiger partial charge on any atom is -0.326 e. The molecule has 0 unspecified atom stereocenters. The van der Waals surface area contributed by atoms with Crippen LogP contribution < -0.4 is 5.73 Å². The second-order valence-corrected chi connectivity index (χ2v) is 5.87. The number of hydrogen-bond acceptors (Lipinski definition) is 3. The molecule has 1 aliphatic carbocycles. The molecule has 5 nitrogen and oxygen atoms in total. The van der Waals surface area contributed by atoms with Crippen molar-refractivity contribution in [2.45, 2.75) is 32.4 Å². The van der Waals surface area contributed by atoms with Gasteiger partial charge in [-0.3, -0.25) is 4.68 Å². The molecule has 5 heteroatoms. The Balaban J connectivity index is 1.99. The number of aryl methyl sites for hydroxylation is 2. The van der Waals surface area contributed by atoms with Crippen LogP contribution in [0.5, 0.6) is 0 Å². The Hall–Kier alpha value is -2.14. The van der Waals surface area contributed by atoms with Crippen molar-refractivity contribution >= 4 is 11.0 Å². The van der Waals surface area contributed by atoms with E-state index in [9.17, 15) is 0 Å². The second kappa shape index (κ2) is 4.43. The van der Waals surface area contributed by atoms with Crippen LogP contribution in [0.15, 0.2) is 24.4 Å². The summed E-state index contributed by atoms with van der Waals surface area (Å²) < 4.78 is 4.23. The Morgan fingerprint density at radius 1 is 1.33 bits per heavy atom. The third-order valence-corrected chi connectivity index (χ3v) is 4.16. The lowest BCUT2D eigenvalue weighted by molar-refractivity contribution is 0.756. The normalized spacial score (nSPS) is 15.0. The van der Waals surface area contributed by atoms with E-state index in [-0.39, 0.29) is 0 Å². The molecule has 0 amide bonds. The molecule has 2 N–H and O–H groups in total. The van der Waals surface area contributed by atoms with Crippen LogP contribution in [0.4, 0.5) is 0 Å². The van der Waals surface area contributed by atoms with Gasteiger partial charge in [-0.2, -0.15) is 5.10 Å². The third-order valence-electron chi connectivity index (χ3n) is 4.16. The highest BCUT2D eigenvalue weighted by atomic mass is 15.3. The molecule has 0 saturated heterocycles. The Bertz CT molecular complexity index is 823. The maximum Gasteiger partial charge on any atom is 0.144 e. The molecule has 2 aromatic heterocycles. The van der Waals surface area contributed by atoms with E-state index in [1.165, 1.54) is 18.4 Å². The summed E-state index contributed by atoms with van der Waals surface area (Å²) in [4.78, 5) is 4.88. The van der Waals surface area contributed by atoms with Gasteiger partial charge >= 0.3 is 0 Å². The molecular formula is C16H19N5. The molecule has 1 saturated carbocycles. The second-order valence-electron chi connectivity index (χ2n) is 5.87. The van der Waals surface area contributed by atoms with Gasteiger partial charge in [0.15, 0.2) is 0 Å². The standard InChI is InChI=1S/C16H19N5/c1-10-13(9-20(2)19-10)16-18-14-7-11(8-17)3-6-15(14)21(16)12-4-5-12/h3,6-7,9,12H,4-5,8,17H2,1-2H3. The van der Waals surface area contributed by atoms with Crippen molar-refractivity contribution in [2.24, 2.45) is 12.8 Å². The summed E-state index contributed by atoms with van der Waals surface area (Å²) in [5.74, 6) is 1.03. The lowest BCUT2D eigenvalue weighted by Gasteiger charge is -2.06. The predicted octanol–water partition coefficient (Wildman–Crippen LogP) is 2.54. The maximum absolute atomic E-state index is 5.75. The van der Waals surface area contributed by atoms with E-state index in [2.05, 4.69) is 34.1 Å². The number of benzene rings is 1. The van der Waals surface area contributed by atoms with E-state index < -0.39 is 0 Å². The van der Waals surface area contributed by atoms with E-state index in [4.69, 9.17) is 10.7 Å². The van der Waals surface area contributed by atoms with E-state index in [0.29, 0.717) is 12.6 Å². The van der Waals surface area contributed by atoms with Crippen molar-refractivity contribution < 1.29 is 0 Å². The first-order chi connectivity index (χ1) is 10.2. The summed E-state index contributed by atoms with van der Waals surface area (Å²) in [7, 11) is 1.95. The molecular weight excluding hydrogens is 262 g/mol. The van der Waals surface area contributed by atoms with Crippen LogP contribution in [0.2, 0.25) is 0 Å². The van der Waals surface area contributed by atoms with Crippen LogP contribution in [0.3, 0.4) is 0 Å². The summed E-state index contributed by atoms with van der Waals surface area (Å²) in [5, 5.41) is 4.46. The molecule has 0 aliphatic heterocycles.